The summed E-state index contributed by atoms with van der Waals surface area (Å²) in [5, 5.41) is 18.2. The highest BCUT2D eigenvalue weighted by Gasteiger charge is 2.31. The molecule has 1 aliphatic rings. The molecular weight excluding hydrogens is 333 g/mol. The lowest BCUT2D eigenvalue weighted by atomic mass is 9.90. The molecule has 1 saturated heterocycles. The maximum Gasteiger partial charge on any atom is 0.126 e. The molecule has 4 nitrogen and oxygen atoms in total. The number of benzene rings is 1. The molecule has 2 N–H and O–H groups in total. The lowest BCUT2D eigenvalue weighted by Gasteiger charge is -2.31. The van der Waals surface area contributed by atoms with E-state index in [0.717, 1.165) is 56.8 Å². The smallest absolute Gasteiger partial charge is 0.126 e. The number of hydrogen-bond donors (Lipinski definition) is 2. The topological polar surface area (TPSA) is 52.9 Å². The molecule has 1 aromatic carbocycles. The third kappa shape index (κ3) is 9.08. The number of halogens is 1. The molecule has 0 aliphatic carbocycles. The monoisotopic (exact) mass is 371 g/mol. The Bertz CT molecular complexity index is 503. The number of aryl methyl sites for hydroxylation is 2. The van der Waals surface area contributed by atoms with E-state index in [2.05, 4.69) is 4.90 Å². The number of nitrogens with zero attached hydrogens (tertiary/aromatic N) is 1. The summed E-state index contributed by atoms with van der Waals surface area (Å²) in [4.78, 5) is 2.41. The van der Waals surface area contributed by atoms with Gasteiger partial charge in [-0.25, -0.2) is 4.39 Å². The zero-order chi connectivity index (χ0) is 19.1. The minimum atomic E-state index is -1.01. The number of ether oxygens (including phenoxy) is 1. The third-order valence-electron chi connectivity index (χ3n) is 4.78. The average Bonchev–Trinajstić information content (AvgIpc) is 2.50. The highest BCUT2D eigenvalue weighted by Crippen LogP contribution is 2.19. The van der Waals surface area contributed by atoms with Gasteiger partial charge >= 0.3 is 0 Å². The zero-order valence-corrected chi connectivity index (χ0v) is 16.3. The van der Waals surface area contributed by atoms with Crippen LogP contribution in [0.4, 0.5) is 4.39 Å². The first kappa shape index (κ1) is 25.0. The van der Waals surface area contributed by atoms with E-state index >= 15 is 0 Å². The van der Waals surface area contributed by atoms with Gasteiger partial charge in [-0.15, -0.1) is 0 Å². The number of morpholine rings is 1. The predicted molar refractivity (Wildman–Crippen MR) is 106 cm³/mol. The molecule has 1 aromatic rings. The molecule has 26 heavy (non-hydrogen) atoms. The van der Waals surface area contributed by atoms with Crippen LogP contribution in [0.1, 0.15) is 52.7 Å². The summed E-state index contributed by atoms with van der Waals surface area (Å²) in [6.45, 7) is 12.9. The minimum Gasteiger partial charge on any atom is -0.387 e. The molecule has 0 radical (unpaired) electrons. The molecule has 0 bridgehead atoms. The summed E-state index contributed by atoms with van der Waals surface area (Å²) in [6.07, 6.45) is 2.04. The first-order chi connectivity index (χ1) is 11.5. The number of hydrogen-bond acceptors (Lipinski definition) is 4. The van der Waals surface area contributed by atoms with E-state index < -0.39 is 11.2 Å². The SMILES string of the molecule is C.CC(C)(O)C(C)(C)O.Cc1ccc(CCCN2CCOCC2)cc1F. The molecule has 5 heteroatoms. The van der Waals surface area contributed by atoms with Gasteiger partial charge < -0.3 is 14.9 Å². The van der Waals surface area contributed by atoms with E-state index in [4.69, 9.17) is 14.9 Å². The second-order valence-corrected chi connectivity index (χ2v) is 7.76. The van der Waals surface area contributed by atoms with Crippen LogP contribution in [0.3, 0.4) is 0 Å². The fraction of sp³-hybridized carbons (Fsp3) is 0.714. The molecular formula is C21H38FNO3. The van der Waals surface area contributed by atoms with E-state index in [-0.39, 0.29) is 13.2 Å². The van der Waals surface area contributed by atoms with Crippen molar-refractivity contribution in [2.24, 2.45) is 0 Å². The molecule has 2 rings (SSSR count). The van der Waals surface area contributed by atoms with Gasteiger partial charge in [0.25, 0.3) is 0 Å². The van der Waals surface area contributed by atoms with Crippen molar-refractivity contribution in [3.63, 3.8) is 0 Å². The summed E-state index contributed by atoms with van der Waals surface area (Å²) in [7, 11) is 0. The largest absolute Gasteiger partial charge is 0.387 e. The standard InChI is InChI=1S/C14H20FNO.C6H14O2.CH4/c1-12-4-5-13(11-14(12)15)3-2-6-16-7-9-17-10-8-16;1-5(2,7)6(3,4)8;/h4-5,11H,2-3,6-10H2,1H3;7-8H,1-4H3;1H4. The molecule has 1 aliphatic heterocycles. The quantitative estimate of drug-likeness (QED) is 0.831. The number of aliphatic hydroxyl groups is 2. The van der Waals surface area contributed by atoms with Crippen LogP contribution in [0, 0.1) is 12.7 Å². The van der Waals surface area contributed by atoms with Gasteiger partial charge in [-0.2, -0.15) is 0 Å². The third-order valence-corrected chi connectivity index (χ3v) is 4.78. The Hall–Kier alpha value is -1.01. The molecule has 1 fully saturated rings. The van der Waals surface area contributed by atoms with Gasteiger partial charge in [0.2, 0.25) is 0 Å². The minimum absolute atomic E-state index is 0. The van der Waals surface area contributed by atoms with Gasteiger partial charge in [0.1, 0.15) is 5.82 Å². The summed E-state index contributed by atoms with van der Waals surface area (Å²) < 4.78 is 18.6. The maximum absolute atomic E-state index is 13.3. The Morgan fingerprint density at radius 2 is 1.62 bits per heavy atom. The van der Waals surface area contributed by atoms with E-state index in [0.29, 0.717) is 0 Å². The van der Waals surface area contributed by atoms with E-state index in [1.165, 1.54) is 0 Å². The van der Waals surface area contributed by atoms with E-state index in [9.17, 15) is 4.39 Å². The summed E-state index contributed by atoms with van der Waals surface area (Å²) in [5.74, 6) is -0.0890. The van der Waals surface area contributed by atoms with Crippen LogP contribution in [0.15, 0.2) is 18.2 Å². The summed E-state index contributed by atoms with van der Waals surface area (Å²) in [6, 6.07) is 5.55. The normalized spacial score (nSPS) is 15.7. The highest BCUT2D eigenvalue weighted by molar-refractivity contribution is 5.23. The van der Waals surface area contributed by atoms with Crippen molar-refractivity contribution in [3.8, 4) is 0 Å². The van der Waals surface area contributed by atoms with Crippen molar-refractivity contribution >= 4 is 0 Å². The lowest BCUT2D eigenvalue weighted by Crippen LogP contribution is -2.44. The van der Waals surface area contributed by atoms with Gasteiger partial charge in [-0.05, 0) is 71.2 Å². The number of rotatable bonds is 5. The van der Waals surface area contributed by atoms with Crippen molar-refractivity contribution < 1.29 is 19.3 Å². The highest BCUT2D eigenvalue weighted by atomic mass is 19.1. The molecule has 0 unspecified atom stereocenters. The Morgan fingerprint density at radius 3 is 2.08 bits per heavy atom. The van der Waals surface area contributed by atoms with Gasteiger partial charge in [-0.1, -0.05) is 19.6 Å². The summed E-state index contributed by atoms with van der Waals surface area (Å²) in [5.41, 5.74) is -0.191. The van der Waals surface area contributed by atoms with Gasteiger partial charge in [0.15, 0.2) is 0 Å². The predicted octanol–water partition coefficient (Wildman–Crippen LogP) is 3.56. The van der Waals surface area contributed by atoms with Crippen LogP contribution in [0.2, 0.25) is 0 Å². The van der Waals surface area contributed by atoms with Crippen LogP contribution in [-0.2, 0) is 11.2 Å². The van der Waals surface area contributed by atoms with Crippen LogP contribution in [0.5, 0.6) is 0 Å². The summed E-state index contributed by atoms with van der Waals surface area (Å²) >= 11 is 0. The average molecular weight is 372 g/mol. The molecule has 0 saturated carbocycles. The molecule has 0 aromatic heterocycles. The zero-order valence-electron chi connectivity index (χ0n) is 16.3. The fourth-order valence-corrected chi connectivity index (χ4v) is 2.12. The Morgan fingerprint density at radius 1 is 1.08 bits per heavy atom. The first-order valence-electron chi connectivity index (χ1n) is 9.00. The van der Waals surface area contributed by atoms with Crippen LogP contribution < -0.4 is 0 Å². The van der Waals surface area contributed by atoms with E-state index in [1.54, 1.807) is 40.7 Å². The molecule has 0 spiro atoms. The Balaban J connectivity index is 0.000000597. The maximum atomic E-state index is 13.3. The van der Waals surface area contributed by atoms with Gasteiger partial charge in [0, 0.05) is 13.1 Å². The molecule has 0 atom stereocenters. The van der Waals surface area contributed by atoms with Crippen molar-refractivity contribution in [3.05, 3.63) is 35.1 Å². The van der Waals surface area contributed by atoms with Crippen molar-refractivity contribution in [2.75, 3.05) is 32.8 Å². The van der Waals surface area contributed by atoms with Crippen molar-refractivity contribution in [1.29, 1.82) is 0 Å². The Kier molecular flexibility index (Phi) is 10.5. The lowest BCUT2D eigenvalue weighted by molar-refractivity contribution is -0.107. The van der Waals surface area contributed by atoms with Gasteiger partial charge in [-0.3, -0.25) is 4.90 Å². The Labute approximate surface area is 159 Å². The van der Waals surface area contributed by atoms with Crippen LogP contribution in [-0.4, -0.2) is 59.2 Å². The van der Waals surface area contributed by atoms with E-state index in [1.807, 2.05) is 12.1 Å². The first-order valence-corrected chi connectivity index (χ1v) is 9.00. The second-order valence-electron chi connectivity index (χ2n) is 7.76. The second kappa shape index (κ2) is 11.0. The van der Waals surface area contributed by atoms with Crippen molar-refractivity contribution in [2.45, 2.75) is 66.1 Å². The molecule has 152 valence electrons. The van der Waals surface area contributed by atoms with Gasteiger partial charge in [0.05, 0.1) is 24.4 Å². The van der Waals surface area contributed by atoms with Crippen molar-refractivity contribution in [1.82, 2.24) is 4.90 Å². The fourth-order valence-electron chi connectivity index (χ4n) is 2.12. The molecule has 1 heterocycles. The molecule has 0 amide bonds. The van der Waals surface area contributed by atoms with Crippen LogP contribution in [0.25, 0.3) is 0 Å². The van der Waals surface area contributed by atoms with Crippen LogP contribution >= 0.6 is 0 Å².